The van der Waals surface area contributed by atoms with Gasteiger partial charge in [0, 0.05) is 19.3 Å². The molecule has 1 atom stereocenters. The molecule has 0 amide bonds. The van der Waals surface area contributed by atoms with Crippen molar-refractivity contribution in [2.75, 3.05) is 13.2 Å². The topological polar surface area (TPSA) is 56.3 Å². The van der Waals surface area contributed by atoms with Crippen molar-refractivity contribution in [1.29, 1.82) is 0 Å². The van der Waals surface area contributed by atoms with Crippen LogP contribution in [0.5, 0.6) is 0 Å². The summed E-state index contributed by atoms with van der Waals surface area (Å²) in [5.41, 5.74) is 3.09. The number of oxazole rings is 1. The van der Waals surface area contributed by atoms with Crippen LogP contribution < -0.4 is 0 Å². The molecule has 0 aliphatic carbocycles. The molecule has 1 unspecified atom stereocenters. The fourth-order valence-electron chi connectivity index (χ4n) is 3.99. The van der Waals surface area contributed by atoms with Gasteiger partial charge in [-0.05, 0) is 31.5 Å². The Hall–Kier alpha value is -2.18. The lowest BCUT2D eigenvalue weighted by Gasteiger charge is -2.34. The average molecular weight is 338 g/mol. The molecule has 4 heterocycles. The fourth-order valence-corrected chi connectivity index (χ4v) is 3.99. The molecule has 2 aliphatic rings. The van der Waals surface area contributed by atoms with Gasteiger partial charge < -0.3 is 13.7 Å². The summed E-state index contributed by atoms with van der Waals surface area (Å²) in [5.74, 6) is 1.89. The Morgan fingerprint density at radius 1 is 1.16 bits per heavy atom. The zero-order valence-corrected chi connectivity index (χ0v) is 14.2. The maximum atomic E-state index is 6.07. The Morgan fingerprint density at radius 2 is 2.12 bits per heavy atom. The van der Waals surface area contributed by atoms with E-state index in [4.69, 9.17) is 14.1 Å². The monoisotopic (exact) mass is 338 g/mol. The Balaban J connectivity index is 1.43. The molecular formula is C19H22N4O2. The van der Waals surface area contributed by atoms with Crippen LogP contribution in [-0.4, -0.2) is 32.6 Å². The van der Waals surface area contributed by atoms with E-state index in [1.807, 2.05) is 30.5 Å². The van der Waals surface area contributed by atoms with Gasteiger partial charge in [-0.2, -0.15) is 0 Å². The van der Waals surface area contributed by atoms with Crippen molar-refractivity contribution in [1.82, 2.24) is 19.4 Å². The van der Waals surface area contributed by atoms with Gasteiger partial charge in [0.2, 0.25) is 5.89 Å². The van der Waals surface area contributed by atoms with E-state index in [1.54, 1.807) is 0 Å². The Labute approximate surface area is 146 Å². The predicted molar refractivity (Wildman–Crippen MR) is 92.9 cm³/mol. The average Bonchev–Trinajstić information content (AvgIpc) is 3.27. The van der Waals surface area contributed by atoms with E-state index in [1.165, 1.54) is 18.5 Å². The number of piperidine rings is 1. The molecule has 0 spiro atoms. The third kappa shape index (κ3) is 2.75. The summed E-state index contributed by atoms with van der Waals surface area (Å²) in [6.45, 7) is 4.24. The first-order valence-corrected chi connectivity index (χ1v) is 9.09. The third-order valence-electron chi connectivity index (χ3n) is 5.29. The summed E-state index contributed by atoms with van der Waals surface area (Å²) >= 11 is 0. The molecule has 1 saturated heterocycles. The van der Waals surface area contributed by atoms with E-state index in [9.17, 15) is 0 Å². The van der Waals surface area contributed by atoms with Crippen molar-refractivity contribution < 1.29 is 9.15 Å². The van der Waals surface area contributed by atoms with Gasteiger partial charge in [0.25, 0.3) is 0 Å². The van der Waals surface area contributed by atoms with Crippen molar-refractivity contribution >= 4 is 11.1 Å². The maximum Gasteiger partial charge on any atom is 0.212 e. The van der Waals surface area contributed by atoms with Crippen molar-refractivity contribution in [3.63, 3.8) is 0 Å². The van der Waals surface area contributed by atoms with Crippen LogP contribution in [-0.2, 0) is 24.4 Å². The Bertz CT molecular complexity index is 852. The van der Waals surface area contributed by atoms with Crippen LogP contribution in [0.3, 0.4) is 0 Å². The molecule has 2 aromatic heterocycles. The first-order valence-electron chi connectivity index (χ1n) is 9.09. The zero-order valence-electron chi connectivity index (χ0n) is 14.2. The summed E-state index contributed by atoms with van der Waals surface area (Å²) in [5, 5.41) is 0. The molecule has 0 radical (unpaired) electrons. The number of hydrogen-bond acceptors (Lipinski definition) is 5. The van der Waals surface area contributed by atoms with Gasteiger partial charge in [0.15, 0.2) is 5.58 Å². The van der Waals surface area contributed by atoms with E-state index in [2.05, 4.69) is 14.5 Å². The summed E-state index contributed by atoms with van der Waals surface area (Å²) in [6, 6.07) is 8.26. The summed E-state index contributed by atoms with van der Waals surface area (Å²) < 4.78 is 13.9. The second kappa shape index (κ2) is 6.28. The number of likely N-dealkylation sites (tertiary alicyclic amines) is 1. The highest BCUT2D eigenvalue weighted by atomic mass is 16.5. The first kappa shape index (κ1) is 15.1. The van der Waals surface area contributed by atoms with Crippen LogP contribution in [0.15, 0.2) is 34.9 Å². The van der Waals surface area contributed by atoms with Gasteiger partial charge >= 0.3 is 0 Å². The normalized spacial score (nSPS) is 21.5. The van der Waals surface area contributed by atoms with Crippen molar-refractivity contribution in [3.8, 4) is 0 Å². The SMILES string of the molecule is c1ccc2oc(C3CCCCN3Cc3cnc4n3CCOC4)nc2c1. The van der Waals surface area contributed by atoms with Crippen LogP contribution in [0.25, 0.3) is 11.1 Å². The lowest BCUT2D eigenvalue weighted by Crippen LogP contribution is -2.34. The minimum absolute atomic E-state index is 0.243. The number of ether oxygens (including phenoxy) is 1. The lowest BCUT2D eigenvalue weighted by atomic mass is 10.0. The molecular weight excluding hydrogens is 316 g/mol. The van der Waals surface area contributed by atoms with Crippen LogP contribution in [0, 0.1) is 0 Å². The second-order valence-corrected chi connectivity index (χ2v) is 6.87. The van der Waals surface area contributed by atoms with Crippen LogP contribution in [0.2, 0.25) is 0 Å². The highest BCUT2D eigenvalue weighted by Crippen LogP contribution is 2.33. The molecule has 130 valence electrons. The lowest BCUT2D eigenvalue weighted by molar-refractivity contribution is 0.0764. The van der Waals surface area contributed by atoms with Crippen molar-refractivity contribution in [3.05, 3.63) is 47.9 Å². The number of rotatable bonds is 3. The van der Waals surface area contributed by atoms with E-state index < -0.39 is 0 Å². The molecule has 2 aliphatic heterocycles. The van der Waals surface area contributed by atoms with E-state index in [0.29, 0.717) is 6.61 Å². The number of aromatic nitrogens is 3. The summed E-state index contributed by atoms with van der Waals surface area (Å²) in [7, 11) is 0. The highest BCUT2D eigenvalue weighted by Gasteiger charge is 2.29. The Kier molecular flexibility index (Phi) is 3.79. The van der Waals surface area contributed by atoms with Gasteiger partial charge in [-0.15, -0.1) is 0 Å². The number of para-hydroxylation sites is 2. The molecule has 1 aromatic carbocycles. The zero-order chi connectivity index (χ0) is 16.6. The number of fused-ring (bicyclic) bond motifs is 2. The number of nitrogens with zero attached hydrogens (tertiary/aromatic N) is 4. The molecule has 5 rings (SSSR count). The molecule has 6 heteroatoms. The van der Waals surface area contributed by atoms with E-state index >= 15 is 0 Å². The second-order valence-electron chi connectivity index (χ2n) is 6.87. The largest absolute Gasteiger partial charge is 0.439 e. The number of imidazole rings is 1. The molecule has 3 aromatic rings. The Morgan fingerprint density at radius 3 is 3.08 bits per heavy atom. The summed E-state index contributed by atoms with van der Waals surface area (Å²) in [6.07, 6.45) is 5.54. The molecule has 0 N–H and O–H groups in total. The highest BCUT2D eigenvalue weighted by molar-refractivity contribution is 5.72. The summed E-state index contributed by atoms with van der Waals surface area (Å²) in [4.78, 5) is 11.8. The number of benzene rings is 1. The van der Waals surface area contributed by atoms with Gasteiger partial charge in [0.05, 0.1) is 18.3 Å². The van der Waals surface area contributed by atoms with E-state index in [-0.39, 0.29) is 6.04 Å². The van der Waals surface area contributed by atoms with Crippen molar-refractivity contribution in [2.24, 2.45) is 0 Å². The predicted octanol–water partition coefficient (Wildman–Crippen LogP) is 3.28. The molecule has 1 fully saturated rings. The van der Waals surface area contributed by atoms with Gasteiger partial charge in [0.1, 0.15) is 17.9 Å². The maximum absolute atomic E-state index is 6.07. The molecule has 25 heavy (non-hydrogen) atoms. The standard InChI is InChI=1S/C19H22N4O2/c1-2-7-17-15(5-1)21-19(25-17)16-6-3-4-8-22(16)12-14-11-20-18-13-24-10-9-23(14)18/h1-2,5,7,11,16H,3-4,6,8-10,12-13H2. The first-order chi connectivity index (χ1) is 12.4. The third-order valence-corrected chi connectivity index (χ3v) is 5.29. The van der Waals surface area contributed by atoms with Crippen LogP contribution >= 0.6 is 0 Å². The minimum atomic E-state index is 0.243. The minimum Gasteiger partial charge on any atom is -0.439 e. The molecule has 6 nitrogen and oxygen atoms in total. The van der Waals surface area contributed by atoms with Crippen LogP contribution in [0.1, 0.15) is 42.7 Å². The number of hydrogen-bond donors (Lipinski definition) is 0. The van der Waals surface area contributed by atoms with Gasteiger partial charge in [-0.1, -0.05) is 18.6 Å². The van der Waals surface area contributed by atoms with Crippen molar-refractivity contribution in [2.45, 2.75) is 45.0 Å². The van der Waals surface area contributed by atoms with Gasteiger partial charge in [-0.25, -0.2) is 9.97 Å². The van der Waals surface area contributed by atoms with E-state index in [0.717, 1.165) is 55.5 Å². The molecule has 0 bridgehead atoms. The quantitative estimate of drug-likeness (QED) is 0.733. The fraction of sp³-hybridized carbons (Fsp3) is 0.474. The van der Waals surface area contributed by atoms with Gasteiger partial charge in [-0.3, -0.25) is 4.90 Å². The molecule has 0 saturated carbocycles. The van der Waals surface area contributed by atoms with Crippen LogP contribution in [0.4, 0.5) is 0 Å². The smallest absolute Gasteiger partial charge is 0.212 e.